The van der Waals surface area contributed by atoms with Crippen molar-refractivity contribution in [1.82, 2.24) is 5.32 Å². The molecule has 108 valence electrons. The summed E-state index contributed by atoms with van der Waals surface area (Å²) < 4.78 is 0. The molecule has 1 unspecified atom stereocenters. The highest BCUT2D eigenvalue weighted by atomic mass is 35.5. The zero-order valence-electron chi connectivity index (χ0n) is 11.6. The molecule has 2 rings (SSSR count). The molecule has 0 aliphatic heterocycles. The standard InChI is InChI=1S/C16H20N2O.ClH/c1-12(17)10-16(19)18-9-8-13-6-7-14-4-2-3-5-15(14)11-13;/h2-7,11-12H,8-10,17H2,1H3,(H,18,19);1H. The summed E-state index contributed by atoms with van der Waals surface area (Å²) in [6.45, 7) is 2.49. The lowest BCUT2D eigenvalue weighted by Crippen LogP contribution is -2.31. The Balaban J connectivity index is 0.00000200. The number of benzene rings is 2. The molecule has 3 nitrogen and oxygen atoms in total. The summed E-state index contributed by atoms with van der Waals surface area (Å²) in [7, 11) is 0. The third-order valence-corrected chi connectivity index (χ3v) is 3.06. The molecule has 0 fully saturated rings. The van der Waals surface area contributed by atoms with Crippen molar-refractivity contribution in [2.24, 2.45) is 5.73 Å². The number of carbonyl (C=O) groups excluding carboxylic acids is 1. The molecule has 2 aromatic rings. The summed E-state index contributed by atoms with van der Waals surface area (Å²) >= 11 is 0. The van der Waals surface area contributed by atoms with Crippen LogP contribution in [0.2, 0.25) is 0 Å². The van der Waals surface area contributed by atoms with E-state index in [-0.39, 0.29) is 24.4 Å². The smallest absolute Gasteiger partial charge is 0.221 e. The first kappa shape index (κ1) is 16.5. The van der Waals surface area contributed by atoms with E-state index in [4.69, 9.17) is 5.73 Å². The first-order chi connectivity index (χ1) is 9.15. The number of hydrogen-bond acceptors (Lipinski definition) is 2. The minimum absolute atomic E-state index is 0. The Morgan fingerprint density at radius 1 is 1.20 bits per heavy atom. The maximum atomic E-state index is 11.5. The third kappa shape index (κ3) is 4.83. The number of hydrogen-bond donors (Lipinski definition) is 2. The Bertz CT molecular complexity index is 569. The fraction of sp³-hybridized carbons (Fsp3) is 0.312. The van der Waals surface area contributed by atoms with Gasteiger partial charge in [0.05, 0.1) is 0 Å². The summed E-state index contributed by atoms with van der Waals surface area (Å²) in [5.41, 5.74) is 6.81. The minimum atomic E-state index is -0.0827. The average molecular weight is 293 g/mol. The molecule has 0 aromatic heterocycles. The SMILES string of the molecule is CC(N)CC(=O)NCCc1ccc2ccccc2c1.Cl. The van der Waals surface area contributed by atoms with Crippen molar-refractivity contribution in [1.29, 1.82) is 0 Å². The van der Waals surface area contributed by atoms with E-state index in [1.807, 2.05) is 19.1 Å². The van der Waals surface area contributed by atoms with Crippen molar-refractivity contribution in [3.63, 3.8) is 0 Å². The Morgan fingerprint density at radius 2 is 1.90 bits per heavy atom. The third-order valence-electron chi connectivity index (χ3n) is 3.06. The normalized spacial score (nSPS) is 11.7. The quantitative estimate of drug-likeness (QED) is 0.890. The van der Waals surface area contributed by atoms with Gasteiger partial charge in [0.15, 0.2) is 0 Å². The lowest BCUT2D eigenvalue weighted by molar-refractivity contribution is -0.121. The molecule has 0 saturated heterocycles. The van der Waals surface area contributed by atoms with Crippen molar-refractivity contribution in [3.05, 3.63) is 48.0 Å². The molecule has 0 bridgehead atoms. The van der Waals surface area contributed by atoms with E-state index in [0.29, 0.717) is 13.0 Å². The van der Waals surface area contributed by atoms with Gasteiger partial charge in [-0.05, 0) is 29.7 Å². The number of carbonyl (C=O) groups is 1. The monoisotopic (exact) mass is 292 g/mol. The van der Waals surface area contributed by atoms with E-state index >= 15 is 0 Å². The van der Waals surface area contributed by atoms with E-state index in [1.54, 1.807) is 0 Å². The predicted octanol–water partition coefficient (Wildman–Crippen LogP) is 2.66. The second kappa shape index (κ2) is 7.88. The van der Waals surface area contributed by atoms with E-state index < -0.39 is 0 Å². The molecule has 20 heavy (non-hydrogen) atoms. The highest BCUT2D eigenvalue weighted by Crippen LogP contribution is 2.15. The van der Waals surface area contributed by atoms with Gasteiger partial charge in [0.25, 0.3) is 0 Å². The number of nitrogens with one attached hydrogen (secondary N) is 1. The zero-order chi connectivity index (χ0) is 13.7. The molecular formula is C16H21ClN2O. The molecule has 2 aromatic carbocycles. The Morgan fingerprint density at radius 3 is 2.60 bits per heavy atom. The van der Waals surface area contributed by atoms with Crippen LogP contribution in [0.15, 0.2) is 42.5 Å². The maximum Gasteiger partial charge on any atom is 0.221 e. The van der Waals surface area contributed by atoms with Gasteiger partial charge in [0, 0.05) is 19.0 Å². The predicted molar refractivity (Wildman–Crippen MR) is 86.2 cm³/mol. The van der Waals surface area contributed by atoms with Crippen molar-refractivity contribution in [2.75, 3.05) is 6.54 Å². The van der Waals surface area contributed by atoms with E-state index in [2.05, 4.69) is 35.6 Å². The second-order valence-electron chi connectivity index (χ2n) is 4.96. The van der Waals surface area contributed by atoms with Crippen LogP contribution in [0.4, 0.5) is 0 Å². The maximum absolute atomic E-state index is 11.5. The fourth-order valence-electron chi connectivity index (χ4n) is 2.11. The van der Waals surface area contributed by atoms with Gasteiger partial charge >= 0.3 is 0 Å². The Kier molecular flexibility index (Phi) is 6.49. The molecule has 4 heteroatoms. The molecule has 0 aliphatic rings. The van der Waals surface area contributed by atoms with Crippen LogP contribution in [0.3, 0.4) is 0 Å². The minimum Gasteiger partial charge on any atom is -0.356 e. The van der Waals surface area contributed by atoms with Gasteiger partial charge < -0.3 is 11.1 Å². The first-order valence-corrected chi connectivity index (χ1v) is 6.65. The fourth-order valence-corrected chi connectivity index (χ4v) is 2.11. The van der Waals surface area contributed by atoms with Gasteiger partial charge in [-0.25, -0.2) is 0 Å². The topological polar surface area (TPSA) is 55.1 Å². The largest absolute Gasteiger partial charge is 0.356 e. The molecular weight excluding hydrogens is 272 g/mol. The second-order valence-corrected chi connectivity index (χ2v) is 4.96. The highest BCUT2D eigenvalue weighted by molar-refractivity contribution is 5.85. The number of amides is 1. The summed E-state index contributed by atoms with van der Waals surface area (Å²) in [4.78, 5) is 11.5. The van der Waals surface area contributed by atoms with Gasteiger partial charge in [-0.2, -0.15) is 0 Å². The van der Waals surface area contributed by atoms with Crippen molar-refractivity contribution >= 4 is 29.1 Å². The first-order valence-electron chi connectivity index (χ1n) is 6.65. The summed E-state index contributed by atoms with van der Waals surface area (Å²) in [6, 6.07) is 14.6. The van der Waals surface area contributed by atoms with Gasteiger partial charge in [-0.15, -0.1) is 12.4 Å². The van der Waals surface area contributed by atoms with Crippen LogP contribution in [-0.4, -0.2) is 18.5 Å². The Hall–Kier alpha value is -1.58. The van der Waals surface area contributed by atoms with Crippen LogP contribution in [-0.2, 0) is 11.2 Å². The van der Waals surface area contributed by atoms with Crippen molar-refractivity contribution in [2.45, 2.75) is 25.8 Å². The van der Waals surface area contributed by atoms with Crippen LogP contribution >= 0.6 is 12.4 Å². The number of nitrogens with two attached hydrogens (primary N) is 1. The van der Waals surface area contributed by atoms with Crippen LogP contribution < -0.4 is 11.1 Å². The van der Waals surface area contributed by atoms with E-state index in [9.17, 15) is 4.79 Å². The summed E-state index contributed by atoms with van der Waals surface area (Å²) in [5.74, 6) is 0.0239. The molecule has 0 saturated carbocycles. The van der Waals surface area contributed by atoms with Crippen LogP contribution in [0.5, 0.6) is 0 Å². The molecule has 0 heterocycles. The van der Waals surface area contributed by atoms with Crippen LogP contribution in [0.25, 0.3) is 10.8 Å². The molecule has 0 spiro atoms. The average Bonchev–Trinajstić information content (AvgIpc) is 2.37. The van der Waals surface area contributed by atoms with Gasteiger partial charge in [0.1, 0.15) is 0 Å². The van der Waals surface area contributed by atoms with Gasteiger partial charge in [0.2, 0.25) is 5.91 Å². The number of fused-ring (bicyclic) bond motifs is 1. The van der Waals surface area contributed by atoms with E-state index in [0.717, 1.165) is 6.42 Å². The lowest BCUT2D eigenvalue weighted by Gasteiger charge is -2.08. The summed E-state index contributed by atoms with van der Waals surface area (Å²) in [6.07, 6.45) is 1.23. The molecule has 1 atom stereocenters. The molecule has 0 radical (unpaired) electrons. The zero-order valence-corrected chi connectivity index (χ0v) is 12.5. The molecule has 3 N–H and O–H groups in total. The number of rotatable bonds is 5. The van der Waals surface area contributed by atoms with E-state index in [1.165, 1.54) is 16.3 Å². The van der Waals surface area contributed by atoms with Crippen molar-refractivity contribution in [3.8, 4) is 0 Å². The Labute approximate surface area is 126 Å². The van der Waals surface area contributed by atoms with Crippen molar-refractivity contribution < 1.29 is 4.79 Å². The van der Waals surface area contributed by atoms with Gasteiger partial charge in [-0.3, -0.25) is 4.79 Å². The summed E-state index contributed by atoms with van der Waals surface area (Å²) in [5, 5.41) is 5.37. The number of halogens is 1. The van der Waals surface area contributed by atoms with Crippen LogP contribution in [0.1, 0.15) is 18.9 Å². The lowest BCUT2D eigenvalue weighted by atomic mass is 10.1. The molecule has 0 aliphatic carbocycles. The van der Waals surface area contributed by atoms with Crippen LogP contribution in [0, 0.1) is 0 Å². The highest BCUT2D eigenvalue weighted by Gasteiger charge is 2.04. The van der Waals surface area contributed by atoms with Gasteiger partial charge in [-0.1, -0.05) is 42.5 Å². The molecule has 1 amide bonds.